The Bertz CT molecular complexity index is 900. The first-order valence-corrected chi connectivity index (χ1v) is 7.42. The highest BCUT2D eigenvalue weighted by Crippen LogP contribution is 2.32. The van der Waals surface area contributed by atoms with E-state index in [1.54, 1.807) is 13.2 Å². The minimum Gasteiger partial charge on any atom is -0.493 e. The lowest BCUT2D eigenvalue weighted by Crippen LogP contribution is -2.10. The zero-order valence-corrected chi connectivity index (χ0v) is 13.3. The van der Waals surface area contributed by atoms with E-state index < -0.39 is 0 Å². The van der Waals surface area contributed by atoms with E-state index in [2.05, 4.69) is 9.97 Å². The summed E-state index contributed by atoms with van der Waals surface area (Å²) in [4.78, 5) is 19.6. The van der Waals surface area contributed by atoms with Gasteiger partial charge in [0.05, 0.1) is 24.1 Å². The Labute approximate surface area is 133 Å². The van der Waals surface area contributed by atoms with Gasteiger partial charge in [-0.1, -0.05) is 12.1 Å². The van der Waals surface area contributed by atoms with Crippen LogP contribution < -0.4 is 15.0 Å². The van der Waals surface area contributed by atoms with E-state index in [9.17, 15) is 4.79 Å². The molecule has 5 heteroatoms. The maximum absolute atomic E-state index is 12.2. The van der Waals surface area contributed by atoms with E-state index in [0.29, 0.717) is 28.2 Å². The SMILES string of the molecule is COc1ccc(-c2nc3ccccc3c(=O)[nH]2)cc1OC(C)C. The number of hydrogen-bond acceptors (Lipinski definition) is 4. The Kier molecular flexibility index (Phi) is 4.02. The molecule has 0 aliphatic rings. The molecule has 0 spiro atoms. The van der Waals surface area contributed by atoms with Crippen molar-refractivity contribution in [2.45, 2.75) is 20.0 Å². The molecule has 0 aliphatic carbocycles. The van der Waals surface area contributed by atoms with Crippen molar-refractivity contribution in [2.75, 3.05) is 7.11 Å². The number of methoxy groups -OCH3 is 1. The van der Waals surface area contributed by atoms with Gasteiger partial charge in [-0.05, 0) is 44.2 Å². The molecule has 0 aliphatic heterocycles. The topological polar surface area (TPSA) is 64.2 Å². The Morgan fingerprint density at radius 2 is 1.87 bits per heavy atom. The van der Waals surface area contributed by atoms with Crippen LogP contribution in [0, 0.1) is 0 Å². The fourth-order valence-corrected chi connectivity index (χ4v) is 2.39. The van der Waals surface area contributed by atoms with Crippen molar-refractivity contribution >= 4 is 10.9 Å². The van der Waals surface area contributed by atoms with Crippen LogP contribution in [0.3, 0.4) is 0 Å². The average Bonchev–Trinajstić information content (AvgIpc) is 2.54. The van der Waals surface area contributed by atoms with Crippen LogP contribution in [0.5, 0.6) is 11.5 Å². The van der Waals surface area contributed by atoms with Crippen LogP contribution in [0.1, 0.15) is 13.8 Å². The first-order valence-electron chi connectivity index (χ1n) is 7.42. The van der Waals surface area contributed by atoms with Gasteiger partial charge in [-0.25, -0.2) is 4.98 Å². The predicted octanol–water partition coefficient (Wildman–Crippen LogP) is 3.39. The lowest BCUT2D eigenvalue weighted by atomic mass is 10.1. The van der Waals surface area contributed by atoms with Crippen LogP contribution in [0.2, 0.25) is 0 Å². The molecule has 3 aromatic rings. The third-order valence-corrected chi connectivity index (χ3v) is 3.41. The van der Waals surface area contributed by atoms with E-state index in [-0.39, 0.29) is 11.7 Å². The molecule has 5 nitrogen and oxygen atoms in total. The summed E-state index contributed by atoms with van der Waals surface area (Å²) >= 11 is 0. The van der Waals surface area contributed by atoms with Gasteiger partial charge >= 0.3 is 0 Å². The van der Waals surface area contributed by atoms with E-state index in [4.69, 9.17) is 9.47 Å². The van der Waals surface area contributed by atoms with Crippen molar-refractivity contribution in [2.24, 2.45) is 0 Å². The van der Waals surface area contributed by atoms with Crippen molar-refractivity contribution < 1.29 is 9.47 Å². The van der Waals surface area contributed by atoms with Crippen molar-refractivity contribution in [1.82, 2.24) is 9.97 Å². The zero-order valence-electron chi connectivity index (χ0n) is 13.3. The van der Waals surface area contributed by atoms with Crippen LogP contribution in [-0.4, -0.2) is 23.2 Å². The van der Waals surface area contributed by atoms with Gasteiger partial charge < -0.3 is 14.5 Å². The van der Waals surface area contributed by atoms with Crippen molar-refractivity contribution in [3.05, 3.63) is 52.8 Å². The van der Waals surface area contributed by atoms with Crippen LogP contribution in [0.4, 0.5) is 0 Å². The number of nitrogens with zero attached hydrogens (tertiary/aromatic N) is 1. The highest BCUT2D eigenvalue weighted by molar-refractivity contribution is 5.79. The summed E-state index contributed by atoms with van der Waals surface area (Å²) in [6.07, 6.45) is 0.0164. The van der Waals surface area contributed by atoms with Gasteiger partial charge in [0.25, 0.3) is 5.56 Å². The van der Waals surface area contributed by atoms with Crippen molar-refractivity contribution in [1.29, 1.82) is 0 Å². The zero-order chi connectivity index (χ0) is 16.4. The molecule has 0 amide bonds. The van der Waals surface area contributed by atoms with Crippen LogP contribution in [-0.2, 0) is 0 Å². The summed E-state index contributed by atoms with van der Waals surface area (Å²) in [7, 11) is 1.60. The Morgan fingerprint density at radius 3 is 2.61 bits per heavy atom. The second-order valence-electron chi connectivity index (χ2n) is 5.46. The number of aromatic amines is 1. The van der Waals surface area contributed by atoms with Gasteiger partial charge in [0.15, 0.2) is 11.5 Å². The lowest BCUT2D eigenvalue weighted by molar-refractivity contribution is 0.230. The van der Waals surface area contributed by atoms with Crippen LogP contribution in [0.25, 0.3) is 22.3 Å². The summed E-state index contributed by atoms with van der Waals surface area (Å²) in [6.45, 7) is 3.89. The second kappa shape index (κ2) is 6.12. The molecule has 0 bridgehead atoms. The van der Waals surface area contributed by atoms with E-state index in [0.717, 1.165) is 5.56 Å². The van der Waals surface area contributed by atoms with E-state index in [1.165, 1.54) is 0 Å². The Morgan fingerprint density at radius 1 is 1.09 bits per heavy atom. The van der Waals surface area contributed by atoms with E-state index >= 15 is 0 Å². The standard InChI is InChI=1S/C18H18N2O3/c1-11(2)23-16-10-12(8-9-15(16)22-3)17-19-14-7-5-4-6-13(14)18(21)20-17/h4-11H,1-3H3,(H,19,20,21). The Balaban J connectivity index is 2.13. The summed E-state index contributed by atoms with van der Waals surface area (Å²) in [5.74, 6) is 1.77. The molecule has 118 valence electrons. The fraction of sp³-hybridized carbons (Fsp3) is 0.222. The average molecular weight is 310 g/mol. The number of nitrogens with one attached hydrogen (secondary N) is 1. The number of aromatic nitrogens is 2. The third kappa shape index (κ3) is 3.04. The molecule has 1 N–H and O–H groups in total. The number of benzene rings is 2. The first kappa shape index (κ1) is 15.1. The quantitative estimate of drug-likeness (QED) is 0.802. The number of rotatable bonds is 4. The molecule has 0 saturated heterocycles. The molecule has 23 heavy (non-hydrogen) atoms. The largest absolute Gasteiger partial charge is 0.493 e. The molecule has 1 heterocycles. The number of ether oxygens (including phenoxy) is 2. The maximum atomic E-state index is 12.2. The fourth-order valence-electron chi connectivity index (χ4n) is 2.39. The third-order valence-electron chi connectivity index (χ3n) is 3.41. The molecule has 2 aromatic carbocycles. The van der Waals surface area contributed by atoms with Crippen LogP contribution >= 0.6 is 0 Å². The summed E-state index contributed by atoms with van der Waals surface area (Å²) in [5, 5.41) is 0.573. The van der Waals surface area contributed by atoms with E-state index in [1.807, 2.05) is 50.2 Å². The molecule has 0 unspecified atom stereocenters. The van der Waals surface area contributed by atoms with Crippen LogP contribution in [0.15, 0.2) is 47.3 Å². The minimum atomic E-state index is -0.159. The smallest absolute Gasteiger partial charge is 0.259 e. The highest BCUT2D eigenvalue weighted by Gasteiger charge is 2.11. The number of para-hydroxylation sites is 1. The van der Waals surface area contributed by atoms with Gasteiger partial charge in [0.1, 0.15) is 5.82 Å². The van der Waals surface area contributed by atoms with Crippen molar-refractivity contribution in [3.63, 3.8) is 0 Å². The predicted molar refractivity (Wildman–Crippen MR) is 90.1 cm³/mol. The molecular formula is C18H18N2O3. The second-order valence-corrected chi connectivity index (χ2v) is 5.46. The van der Waals surface area contributed by atoms with Gasteiger partial charge in [-0.15, -0.1) is 0 Å². The Hall–Kier alpha value is -2.82. The number of hydrogen-bond donors (Lipinski definition) is 1. The van der Waals surface area contributed by atoms with Gasteiger partial charge in [0.2, 0.25) is 0 Å². The molecule has 0 atom stereocenters. The lowest BCUT2D eigenvalue weighted by Gasteiger charge is -2.14. The summed E-state index contributed by atoms with van der Waals surface area (Å²) in [5.41, 5.74) is 1.27. The first-order chi connectivity index (χ1) is 11.1. The van der Waals surface area contributed by atoms with Gasteiger partial charge in [0, 0.05) is 5.56 Å². The normalized spacial score (nSPS) is 11.0. The molecule has 0 saturated carbocycles. The molecule has 1 aromatic heterocycles. The molecule has 3 rings (SSSR count). The monoisotopic (exact) mass is 310 g/mol. The van der Waals surface area contributed by atoms with Crippen molar-refractivity contribution in [3.8, 4) is 22.9 Å². The summed E-state index contributed by atoms with van der Waals surface area (Å²) < 4.78 is 11.1. The maximum Gasteiger partial charge on any atom is 0.259 e. The van der Waals surface area contributed by atoms with Gasteiger partial charge in [-0.2, -0.15) is 0 Å². The number of fused-ring (bicyclic) bond motifs is 1. The van der Waals surface area contributed by atoms with Gasteiger partial charge in [-0.3, -0.25) is 4.79 Å². The molecule has 0 fully saturated rings. The summed E-state index contributed by atoms with van der Waals surface area (Å²) in [6, 6.07) is 12.7. The number of H-pyrrole nitrogens is 1. The molecular weight excluding hydrogens is 292 g/mol. The highest BCUT2D eigenvalue weighted by atomic mass is 16.5. The molecule has 0 radical (unpaired) electrons. The minimum absolute atomic E-state index is 0.0164.